The van der Waals surface area contributed by atoms with Crippen molar-refractivity contribution in [2.24, 2.45) is 4.99 Å². The topological polar surface area (TPSA) is 148 Å². The van der Waals surface area contributed by atoms with Crippen molar-refractivity contribution >= 4 is 34.8 Å². The van der Waals surface area contributed by atoms with Crippen molar-refractivity contribution in [1.82, 2.24) is 21.5 Å². The smallest absolute Gasteiger partial charge is 0.251 e. The van der Waals surface area contributed by atoms with Crippen LogP contribution in [-0.4, -0.2) is 66.3 Å². The average Bonchev–Trinajstić information content (AvgIpc) is 3.32. The predicted octanol–water partition coefficient (Wildman–Crippen LogP) is 2.29. The van der Waals surface area contributed by atoms with Crippen molar-refractivity contribution in [3.05, 3.63) is 87.9 Å². The van der Waals surface area contributed by atoms with E-state index in [4.69, 9.17) is 21.3 Å². The molecule has 0 saturated carbocycles. The number of aliphatic hydroxyl groups is 1. The van der Waals surface area contributed by atoms with Crippen molar-refractivity contribution < 1.29 is 24.5 Å². The number of phenols is 1. The van der Waals surface area contributed by atoms with Gasteiger partial charge in [0.2, 0.25) is 5.91 Å². The molecule has 0 aromatic heterocycles. The van der Waals surface area contributed by atoms with E-state index in [2.05, 4.69) is 26.4 Å². The van der Waals surface area contributed by atoms with Gasteiger partial charge in [0.05, 0.1) is 38.1 Å². The fourth-order valence-electron chi connectivity index (χ4n) is 5.16. The Labute approximate surface area is 248 Å². The molecule has 5 rings (SSSR count). The highest BCUT2D eigenvalue weighted by Gasteiger charge is 2.40. The van der Waals surface area contributed by atoms with Crippen molar-refractivity contribution in [2.75, 3.05) is 25.1 Å². The molecule has 0 bridgehead atoms. The number of methoxy groups -OCH3 is 1. The lowest BCUT2D eigenvalue weighted by atomic mass is 9.99. The van der Waals surface area contributed by atoms with E-state index >= 15 is 0 Å². The second kappa shape index (κ2) is 12.8. The number of hydrogen-bond donors (Lipinski definition) is 6. The van der Waals surface area contributed by atoms with Gasteiger partial charge >= 0.3 is 0 Å². The first-order chi connectivity index (χ1) is 20.3. The molecule has 12 heteroatoms. The highest BCUT2D eigenvalue weighted by molar-refractivity contribution is 6.30. The Balaban J connectivity index is 1.32. The molecule has 0 radical (unpaired) electrons. The molecular weight excluding hydrogens is 560 g/mol. The monoisotopic (exact) mass is 592 g/mol. The number of carbonyl (C=O) groups is 2. The number of fused-ring (bicyclic) bond motifs is 3. The number of hydrogen-bond acceptors (Lipinski definition) is 9. The lowest BCUT2D eigenvalue weighted by Gasteiger charge is -2.31. The normalized spacial score (nSPS) is 19.3. The second-order valence-corrected chi connectivity index (χ2v) is 10.5. The number of nitrogens with one attached hydrogen (secondary N) is 4. The Morgan fingerprint density at radius 2 is 1.81 bits per heavy atom. The predicted molar refractivity (Wildman–Crippen MR) is 160 cm³/mol. The molecular formula is C30H33ClN6O5. The van der Waals surface area contributed by atoms with E-state index in [1.807, 2.05) is 49.4 Å². The summed E-state index contributed by atoms with van der Waals surface area (Å²) in [4.78, 5) is 32.9. The average molecular weight is 593 g/mol. The second-order valence-electron chi connectivity index (χ2n) is 10.1. The minimum Gasteiger partial charge on any atom is -0.508 e. The highest BCUT2D eigenvalue weighted by Crippen LogP contribution is 2.36. The maximum absolute atomic E-state index is 13.1. The molecule has 220 valence electrons. The molecule has 2 amide bonds. The van der Waals surface area contributed by atoms with Crippen LogP contribution < -0.4 is 31.1 Å². The molecule has 0 spiro atoms. The van der Waals surface area contributed by atoms with Gasteiger partial charge in [0.25, 0.3) is 5.91 Å². The fourth-order valence-corrected chi connectivity index (χ4v) is 5.29. The van der Waals surface area contributed by atoms with E-state index in [0.717, 1.165) is 22.5 Å². The number of hydrazine groups is 1. The van der Waals surface area contributed by atoms with Crippen molar-refractivity contribution in [3.63, 3.8) is 0 Å². The third-order valence-electron chi connectivity index (χ3n) is 7.32. The zero-order chi connectivity index (χ0) is 29.8. The zero-order valence-corrected chi connectivity index (χ0v) is 24.0. The number of amides is 2. The molecule has 3 aromatic rings. The molecule has 11 nitrogen and oxygen atoms in total. The highest BCUT2D eigenvalue weighted by atomic mass is 35.5. The number of anilines is 1. The van der Waals surface area contributed by atoms with Gasteiger partial charge in [-0.15, -0.1) is 0 Å². The molecule has 6 N–H and O–H groups in total. The fraction of sp³-hybridized carbons (Fsp3) is 0.300. The van der Waals surface area contributed by atoms with Crippen LogP contribution in [0.15, 0.2) is 65.7 Å². The maximum Gasteiger partial charge on any atom is 0.251 e. The van der Waals surface area contributed by atoms with Crippen LogP contribution in [0.2, 0.25) is 5.02 Å². The summed E-state index contributed by atoms with van der Waals surface area (Å²) in [6.07, 6.45) is -0.291. The van der Waals surface area contributed by atoms with Crippen LogP contribution in [0, 0.1) is 0 Å². The molecule has 42 heavy (non-hydrogen) atoms. The van der Waals surface area contributed by atoms with E-state index in [1.165, 1.54) is 18.2 Å². The van der Waals surface area contributed by atoms with E-state index in [9.17, 15) is 19.8 Å². The van der Waals surface area contributed by atoms with Crippen LogP contribution in [-0.2, 0) is 11.4 Å². The van der Waals surface area contributed by atoms with Gasteiger partial charge in [0, 0.05) is 46.1 Å². The number of aromatic hydroxyl groups is 1. The van der Waals surface area contributed by atoms with Gasteiger partial charge in [-0.25, -0.2) is 10.9 Å². The first-order valence-corrected chi connectivity index (χ1v) is 14.0. The summed E-state index contributed by atoms with van der Waals surface area (Å²) in [5.74, 6) is -0.0795. The minimum atomic E-state index is -0.464. The maximum atomic E-state index is 13.1. The molecule has 2 heterocycles. The Morgan fingerprint density at radius 1 is 1.05 bits per heavy atom. The number of benzene rings is 3. The van der Waals surface area contributed by atoms with Crippen LogP contribution in [0.5, 0.6) is 11.5 Å². The molecule has 3 atom stereocenters. The molecule has 0 aliphatic carbocycles. The quantitative estimate of drug-likeness (QED) is 0.207. The van der Waals surface area contributed by atoms with Crippen LogP contribution in [0.4, 0.5) is 5.69 Å². The van der Waals surface area contributed by atoms with Crippen LogP contribution in [0.3, 0.4) is 0 Å². The van der Waals surface area contributed by atoms with Crippen LogP contribution in [0.1, 0.15) is 40.4 Å². The SMILES string of the molecule is COc1ccc2c(c1)C(c1ccc(Cl)cc1)=N[C@@H](CC(=O)NCCNC(=O)c1ccc(CO)c(O)c1)C1NNC(C)N21. The van der Waals surface area contributed by atoms with Gasteiger partial charge in [-0.1, -0.05) is 29.8 Å². The summed E-state index contributed by atoms with van der Waals surface area (Å²) in [5.41, 5.74) is 10.6. The van der Waals surface area contributed by atoms with E-state index in [-0.39, 0.29) is 55.7 Å². The lowest BCUT2D eigenvalue weighted by Crippen LogP contribution is -2.48. The van der Waals surface area contributed by atoms with Crippen molar-refractivity contribution in [3.8, 4) is 11.5 Å². The summed E-state index contributed by atoms with van der Waals surface area (Å²) in [5, 5.41) is 25.3. The zero-order valence-electron chi connectivity index (χ0n) is 23.2. The van der Waals surface area contributed by atoms with Crippen molar-refractivity contribution in [2.45, 2.75) is 38.3 Å². The van der Waals surface area contributed by atoms with Gasteiger partial charge < -0.3 is 30.5 Å². The van der Waals surface area contributed by atoms with Crippen molar-refractivity contribution in [1.29, 1.82) is 0 Å². The third-order valence-corrected chi connectivity index (χ3v) is 7.57. The standard InChI is InChI=1S/C30H33ClN6O5/c1-17-35-36-29-24(15-27(40)32-11-12-33-30(41)19-3-4-20(16-38)26(39)13-19)34-28(18-5-7-21(31)8-6-18)23-14-22(42-2)9-10-25(23)37(17)29/h3-10,13-14,17,24,29,35-36,38-39H,11-12,15-16H2,1-2H3,(H,32,40)(H,33,41)/t17?,24-,29?/m0/s1. The molecule has 1 fully saturated rings. The Hall–Kier alpha value is -4.16. The largest absolute Gasteiger partial charge is 0.508 e. The molecule has 1 saturated heterocycles. The summed E-state index contributed by atoms with van der Waals surface area (Å²) < 4.78 is 5.53. The van der Waals surface area contributed by atoms with E-state index in [1.54, 1.807) is 7.11 Å². The molecule has 2 unspecified atom stereocenters. The number of carbonyl (C=O) groups excluding carboxylic acids is 2. The summed E-state index contributed by atoms with van der Waals surface area (Å²) in [7, 11) is 1.62. The number of aliphatic imine (C=N–C) groups is 1. The van der Waals surface area contributed by atoms with Gasteiger partial charge in [0.15, 0.2) is 0 Å². The molecule has 2 aliphatic rings. The van der Waals surface area contributed by atoms with Gasteiger partial charge in [-0.3, -0.25) is 14.6 Å². The summed E-state index contributed by atoms with van der Waals surface area (Å²) >= 11 is 6.17. The van der Waals surface area contributed by atoms with Crippen LogP contribution in [0.25, 0.3) is 0 Å². The minimum absolute atomic E-state index is 0.0754. The summed E-state index contributed by atoms with van der Waals surface area (Å²) in [6, 6.07) is 17.1. The summed E-state index contributed by atoms with van der Waals surface area (Å²) in [6.45, 7) is 2.11. The number of ether oxygens (including phenoxy) is 1. The molecule has 2 aliphatic heterocycles. The van der Waals surface area contributed by atoms with Gasteiger partial charge in [-0.2, -0.15) is 0 Å². The van der Waals surface area contributed by atoms with E-state index < -0.39 is 11.9 Å². The first-order valence-electron chi connectivity index (χ1n) is 13.6. The Bertz CT molecular complexity index is 1500. The molecule has 3 aromatic carbocycles. The van der Waals surface area contributed by atoms with E-state index in [0.29, 0.717) is 16.3 Å². The number of rotatable bonds is 9. The van der Waals surface area contributed by atoms with Gasteiger partial charge in [0.1, 0.15) is 17.7 Å². The Kier molecular flexibility index (Phi) is 8.93. The number of aliphatic hydroxyl groups excluding tert-OH is 1. The van der Waals surface area contributed by atoms with Crippen LogP contribution >= 0.6 is 11.6 Å². The third kappa shape index (κ3) is 6.19. The Morgan fingerprint density at radius 3 is 2.52 bits per heavy atom. The number of halogens is 1. The van der Waals surface area contributed by atoms with Gasteiger partial charge in [-0.05, 0) is 49.4 Å². The lowest BCUT2D eigenvalue weighted by molar-refractivity contribution is -0.121. The number of nitrogens with zero attached hydrogens (tertiary/aromatic N) is 2. The first kappa shape index (κ1) is 29.3.